The molecule has 12 heavy (non-hydrogen) atoms. The van der Waals surface area contributed by atoms with E-state index in [2.05, 4.69) is 27.0 Å². The van der Waals surface area contributed by atoms with Crippen LogP contribution in [0.1, 0.15) is 5.56 Å². The van der Waals surface area contributed by atoms with Crippen LogP contribution >= 0.6 is 32.9 Å². The van der Waals surface area contributed by atoms with Gasteiger partial charge in [-0.25, -0.2) is 4.98 Å². The Bertz CT molecular complexity index is 372. The highest BCUT2D eigenvalue weighted by Crippen LogP contribution is 2.15. The second kappa shape index (κ2) is 4.05. The van der Waals surface area contributed by atoms with E-state index in [1.807, 2.05) is 6.07 Å². The molecule has 0 fully saturated rings. The smallest absolute Gasteiger partial charge is 0.225 e. The number of hydrogen-bond donors (Lipinski definition) is 0. The summed E-state index contributed by atoms with van der Waals surface area (Å²) in [7, 11) is 0. The van der Waals surface area contributed by atoms with Gasteiger partial charge in [0.2, 0.25) is 5.71 Å². The Balaban J connectivity index is 0.000000720. The van der Waals surface area contributed by atoms with Crippen LogP contribution in [0.15, 0.2) is 29.0 Å². The molecule has 0 saturated heterocycles. The molecule has 0 saturated carbocycles. The van der Waals surface area contributed by atoms with Gasteiger partial charge in [0.15, 0.2) is 0 Å². The number of rotatable bonds is 1. The van der Waals surface area contributed by atoms with Crippen molar-refractivity contribution in [3.63, 3.8) is 0 Å². The summed E-state index contributed by atoms with van der Waals surface area (Å²) in [6.07, 6.45) is 3.45. The van der Waals surface area contributed by atoms with Crippen LogP contribution in [0.4, 0.5) is 0 Å². The summed E-state index contributed by atoms with van der Waals surface area (Å²) in [6, 6.07) is 3.97. The van der Waals surface area contributed by atoms with E-state index in [4.69, 9.17) is 4.42 Å². The van der Waals surface area contributed by atoms with Crippen molar-refractivity contribution < 1.29 is 4.42 Å². The summed E-state index contributed by atoms with van der Waals surface area (Å²) in [5.74, 6) is 0. The largest absolute Gasteiger partial charge is 0.446 e. The maximum absolute atomic E-state index is 5.09. The fourth-order valence-corrected chi connectivity index (χ4v) is 1.28. The summed E-state index contributed by atoms with van der Waals surface area (Å²) in [4.78, 5) is 4.12. The molecule has 2 aromatic rings. The van der Waals surface area contributed by atoms with Gasteiger partial charge in [0.05, 0.1) is 6.26 Å². The van der Waals surface area contributed by atoms with Crippen molar-refractivity contribution in [1.29, 1.82) is 0 Å². The zero-order valence-corrected chi connectivity index (χ0v) is 9.46. The highest BCUT2D eigenvalue weighted by molar-refractivity contribution is 9.08. The third kappa shape index (κ3) is 1.69. The summed E-state index contributed by atoms with van der Waals surface area (Å²) in [6.45, 7) is 0. The van der Waals surface area contributed by atoms with Crippen LogP contribution in [-0.2, 0) is 5.33 Å². The molecule has 2 rings (SSSR count). The summed E-state index contributed by atoms with van der Waals surface area (Å²) in [5.41, 5.74) is 1.87. The van der Waals surface area contributed by atoms with Gasteiger partial charge in [0.1, 0.15) is 0 Å². The fourth-order valence-electron chi connectivity index (χ4n) is 0.978. The van der Waals surface area contributed by atoms with E-state index in [1.54, 1.807) is 12.5 Å². The Morgan fingerprint density at radius 1 is 1.50 bits per heavy atom. The van der Waals surface area contributed by atoms with Gasteiger partial charge in [0.25, 0.3) is 0 Å². The summed E-state index contributed by atoms with van der Waals surface area (Å²) < 4.78 is 5.09. The van der Waals surface area contributed by atoms with E-state index < -0.39 is 0 Å². The van der Waals surface area contributed by atoms with Crippen molar-refractivity contribution >= 4 is 44.0 Å². The zero-order valence-electron chi connectivity index (χ0n) is 6.16. The molecule has 0 aliphatic heterocycles. The van der Waals surface area contributed by atoms with Gasteiger partial charge >= 0.3 is 0 Å². The maximum atomic E-state index is 5.09. The molecule has 0 N–H and O–H groups in total. The Morgan fingerprint density at radius 2 is 2.33 bits per heavy atom. The van der Waals surface area contributed by atoms with E-state index >= 15 is 0 Å². The number of alkyl halides is 1. The first-order valence-corrected chi connectivity index (χ1v) is 4.40. The highest BCUT2D eigenvalue weighted by atomic mass is 79.9. The third-order valence-electron chi connectivity index (χ3n) is 1.52. The Morgan fingerprint density at radius 3 is 3.08 bits per heavy atom. The minimum Gasteiger partial charge on any atom is -0.446 e. The second-order valence-electron chi connectivity index (χ2n) is 2.29. The first-order chi connectivity index (χ1) is 5.40. The quantitative estimate of drug-likeness (QED) is 0.754. The number of fused-ring (bicyclic) bond motifs is 1. The molecular formula is C8H7Br2NO. The lowest BCUT2D eigenvalue weighted by atomic mass is 10.2. The van der Waals surface area contributed by atoms with Crippen LogP contribution in [-0.4, -0.2) is 4.98 Å². The van der Waals surface area contributed by atoms with E-state index in [1.165, 1.54) is 5.56 Å². The Hall–Kier alpha value is -0.350. The van der Waals surface area contributed by atoms with Gasteiger partial charge in [-0.05, 0) is 17.7 Å². The van der Waals surface area contributed by atoms with Crippen molar-refractivity contribution in [2.45, 2.75) is 5.33 Å². The van der Waals surface area contributed by atoms with Crippen LogP contribution in [0.3, 0.4) is 0 Å². The fraction of sp³-hybridized carbons (Fsp3) is 0.125. The van der Waals surface area contributed by atoms with Crippen LogP contribution in [0.5, 0.6) is 0 Å². The highest BCUT2D eigenvalue weighted by Gasteiger charge is 1.97. The Labute approximate surface area is 88.9 Å². The van der Waals surface area contributed by atoms with E-state index in [0.29, 0.717) is 5.71 Å². The molecule has 64 valence electrons. The molecule has 0 aliphatic rings. The lowest BCUT2D eigenvalue weighted by Crippen LogP contribution is -1.78. The van der Waals surface area contributed by atoms with Crippen LogP contribution in [0, 0.1) is 0 Å². The first kappa shape index (κ1) is 9.74. The standard InChI is InChI=1S/C8H6BrNO.BrH/c9-4-6-3-7-1-2-11-8(7)10-5-6;/h1-3,5H,4H2;1H. The molecule has 0 radical (unpaired) electrons. The lowest BCUT2D eigenvalue weighted by molar-refractivity contribution is 0.603. The molecule has 0 spiro atoms. The normalized spacial score (nSPS) is 9.75. The van der Waals surface area contributed by atoms with E-state index in [9.17, 15) is 0 Å². The van der Waals surface area contributed by atoms with Crippen LogP contribution in [0.2, 0.25) is 0 Å². The molecule has 4 heteroatoms. The second-order valence-corrected chi connectivity index (χ2v) is 2.85. The van der Waals surface area contributed by atoms with Crippen LogP contribution < -0.4 is 0 Å². The van der Waals surface area contributed by atoms with E-state index in [0.717, 1.165) is 10.7 Å². The average molecular weight is 293 g/mol. The minimum atomic E-state index is 0. The molecule has 0 unspecified atom stereocenters. The number of furan rings is 1. The third-order valence-corrected chi connectivity index (χ3v) is 2.16. The minimum absolute atomic E-state index is 0. The topological polar surface area (TPSA) is 26.0 Å². The van der Waals surface area contributed by atoms with E-state index in [-0.39, 0.29) is 17.0 Å². The predicted molar refractivity (Wildman–Crippen MR) is 57.0 cm³/mol. The zero-order chi connectivity index (χ0) is 7.68. The molecule has 0 aromatic carbocycles. The first-order valence-electron chi connectivity index (χ1n) is 3.28. The number of hydrogen-bond acceptors (Lipinski definition) is 2. The molecule has 0 aliphatic carbocycles. The van der Waals surface area contributed by atoms with Gasteiger partial charge in [-0.2, -0.15) is 0 Å². The summed E-state index contributed by atoms with van der Waals surface area (Å²) in [5, 5.41) is 1.89. The van der Waals surface area contributed by atoms with Gasteiger partial charge in [0, 0.05) is 16.9 Å². The number of aromatic nitrogens is 1. The molecule has 2 nitrogen and oxygen atoms in total. The van der Waals surface area contributed by atoms with Crippen molar-refractivity contribution in [3.05, 3.63) is 30.2 Å². The lowest BCUT2D eigenvalue weighted by Gasteiger charge is -1.91. The van der Waals surface area contributed by atoms with Crippen molar-refractivity contribution in [3.8, 4) is 0 Å². The molecule has 0 amide bonds. The van der Waals surface area contributed by atoms with Crippen molar-refractivity contribution in [2.24, 2.45) is 0 Å². The summed E-state index contributed by atoms with van der Waals surface area (Å²) >= 11 is 3.36. The molecule has 0 bridgehead atoms. The number of pyridine rings is 1. The van der Waals surface area contributed by atoms with Gasteiger partial charge in [-0.15, -0.1) is 17.0 Å². The van der Waals surface area contributed by atoms with Gasteiger partial charge < -0.3 is 4.42 Å². The van der Waals surface area contributed by atoms with Crippen molar-refractivity contribution in [1.82, 2.24) is 4.98 Å². The average Bonchev–Trinajstić information content (AvgIpc) is 2.50. The number of nitrogens with zero attached hydrogens (tertiary/aromatic N) is 1. The van der Waals surface area contributed by atoms with Crippen LogP contribution in [0.25, 0.3) is 11.1 Å². The molecular weight excluding hydrogens is 286 g/mol. The van der Waals surface area contributed by atoms with Gasteiger partial charge in [-0.3, -0.25) is 0 Å². The predicted octanol–water partition coefficient (Wildman–Crippen LogP) is 3.30. The molecule has 2 aromatic heterocycles. The Kier molecular flexibility index (Phi) is 3.29. The molecule has 0 atom stereocenters. The van der Waals surface area contributed by atoms with Gasteiger partial charge in [-0.1, -0.05) is 15.9 Å². The van der Waals surface area contributed by atoms with Crippen molar-refractivity contribution in [2.75, 3.05) is 0 Å². The maximum Gasteiger partial charge on any atom is 0.225 e. The molecule has 2 heterocycles. The monoisotopic (exact) mass is 291 g/mol. The SMILES string of the molecule is Br.BrCc1cnc2occc2c1. The number of halogens is 2.